The fraction of sp³-hybridized carbons (Fsp3) is 0.667. The number of aryl methyl sites for hydroxylation is 1. The van der Waals surface area contributed by atoms with Crippen LogP contribution in [-0.4, -0.2) is 16.3 Å². The van der Waals surface area contributed by atoms with E-state index in [1.165, 1.54) is 0 Å². The molecule has 0 saturated carbocycles. The highest BCUT2D eigenvalue weighted by Crippen LogP contribution is 2.20. The van der Waals surface area contributed by atoms with Crippen LogP contribution in [0.1, 0.15) is 17.7 Å². The van der Waals surface area contributed by atoms with Crippen LogP contribution in [0.2, 0.25) is 0 Å². The molecule has 1 aliphatic carbocycles. The van der Waals surface area contributed by atoms with Crippen molar-refractivity contribution in [3.8, 4) is 0 Å². The molecule has 1 heterocycles. The van der Waals surface area contributed by atoms with Gasteiger partial charge in [0, 0.05) is 18.3 Å². The average Bonchev–Trinajstić information content (AvgIpc) is 2.42. The van der Waals surface area contributed by atoms with Crippen molar-refractivity contribution in [2.24, 2.45) is 18.7 Å². The highest BCUT2D eigenvalue weighted by atomic mass is 16.1. The van der Waals surface area contributed by atoms with Crippen molar-refractivity contribution in [1.29, 1.82) is 0 Å². The molecule has 72 valence electrons. The van der Waals surface area contributed by atoms with Gasteiger partial charge in [-0.3, -0.25) is 14.6 Å². The quantitative estimate of drug-likeness (QED) is 0.629. The van der Waals surface area contributed by atoms with Crippen LogP contribution in [0.3, 0.4) is 0 Å². The molecule has 1 atom stereocenters. The molecule has 0 bridgehead atoms. The van der Waals surface area contributed by atoms with Crippen LogP contribution in [0.4, 0.5) is 0 Å². The molecular formula is C9H15N3O. The van der Waals surface area contributed by atoms with E-state index in [0.717, 1.165) is 37.1 Å². The molecule has 0 amide bonds. The summed E-state index contributed by atoms with van der Waals surface area (Å²) in [5, 5.41) is 3.08. The normalized spacial score (nSPS) is 21.5. The summed E-state index contributed by atoms with van der Waals surface area (Å²) < 4.78 is 1.56. The molecule has 0 fully saturated rings. The van der Waals surface area contributed by atoms with Crippen LogP contribution in [0.15, 0.2) is 4.79 Å². The number of H-pyrrole nitrogens is 1. The molecule has 13 heavy (non-hydrogen) atoms. The van der Waals surface area contributed by atoms with Gasteiger partial charge in [0.1, 0.15) is 0 Å². The molecule has 3 N–H and O–H groups in total. The second-order valence-corrected chi connectivity index (χ2v) is 3.78. The van der Waals surface area contributed by atoms with E-state index in [1.807, 2.05) is 0 Å². The Hall–Kier alpha value is -1.03. The Morgan fingerprint density at radius 1 is 1.69 bits per heavy atom. The molecule has 2 rings (SSSR count). The second-order valence-electron chi connectivity index (χ2n) is 3.78. The van der Waals surface area contributed by atoms with Gasteiger partial charge in [-0.2, -0.15) is 0 Å². The lowest BCUT2D eigenvalue weighted by atomic mass is 9.88. The first kappa shape index (κ1) is 8.56. The molecule has 4 nitrogen and oxygen atoms in total. The smallest absolute Gasteiger partial charge is 0.269 e. The maximum absolute atomic E-state index is 11.5. The van der Waals surface area contributed by atoms with Crippen molar-refractivity contribution >= 4 is 0 Å². The molecule has 4 heteroatoms. The Morgan fingerprint density at radius 3 is 3.15 bits per heavy atom. The first-order chi connectivity index (χ1) is 6.22. The largest absolute Gasteiger partial charge is 0.330 e. The maximum atomic E-state index is 11.5. The number of hydrogen-bond donors (Lipinski definition) is 2. The number of rotatable bonds is 1. The fourth-order valence-electron chi connectivity index (χ4n) is 2.02. The number of aromatic nitrogens is 2. The highest BCUT2D eigenvalue weighted by molar-refractivity contribution is 5.20. The van der Waals surface area contributed by atoms with Gasteiger partial charge in [0.2, 0.25) is 0 Å². The average molecular weight is 181 g/mol. The number of nitrogens with one attached hydrogen (secondary N) is 1. The summed E-state index contributed by atoms with van der Waals surface area (Å²) in [5.41, 5.74) is 7.79. The van der Waals surface area contributed by atoms with Crippen molar-refractivity contribution in [2.75, 3.05) is 6.54 Å². The van der Waals surface area contributed by atoms with Crippen molar-refractivity contribution in [3.63, 3.8) is 0 Å². The van der Waals surface area contributed by atoms with Gasteiger partial charge in [0.15, 0.2) is 0 Å². The Morgan fingerprint density at radius 2 is 2.46 bits per heavy atom. The summed E-state index contributed by atoms with van der Waals surface area (Å²) in [4.78, 5) is 11.5. The fourth-order valence-corrected chi connectivity index (χ4v) is 2.02. The summed E-state index contributed by atoms with van der Waals surface area (Å²) in [7, 11) is 1.76. The van der Waals surface area contributed by atoms with Crippen LogP contribution in [-0.2, 0) is 19.9 Å². The van der Waals surface area contributed by atoms with Gasteiger partial charge in [-0.05, 0) is 31.7 Å². The van der Waals surface area contributed by atoms with Crippen LogP contribution in [0.25, 0.3) is 0 Å². The van der Waals surface area contributed by atoms with Gasteiger partial charge in [0.05, 0.1) is 0 Å². The number of nitrogens with zero attached hydrogens (tertiary/aromatic N) is 1. The SMILES string of the molecule is Cn1[nH]c2c(c1=O)CCC(CN)C2. The third-order valence-electron chi connectivity index (χ3n) is 2.86. The van der Waals surface area contributed by atoms with E-state index in [9.17, 15) is 4.79 Å². The van der Waals surface area contributed by atoms with E-state index in [4.69, 9.17) is 5.73 Å². The van der Waals surface area contributed by atoms with Crippen LogP contribution < -0.4 is 11.3 Å². The number of fused-ring (bicyclic) bond motifs is 1. The minimum absolute atomic E-state index is 0.130. The van der Waals surface area contributed by atoms with Crippen molar-refractivity contribution in [3.05, 3.63) is 21.6 Å². The molecule has 1 aromatic heterocycles. The van der Waals surface area contributed by atoms with Crippen LogP contribution in [0, 0.1) is 5.92 Å². The molecule has 0 saturated heterocycles. The lowest BCUT2D eigenvalue weighted by molar-refractivity contribution is 0.462. The predicted molar refractivity (Wildman–Crippen MR) is 50.6 cm³/mol. The minimum Gasteiger partial charge on any atom is -0.330 e. The second kappa shape index (κ2) is 3.03. The Kier molecular flexibility index (Phi) is 2.00. The van der Waals surface area contributed by atoms with Gasteiger partial charge >= 0.3 is 0 Å². The Bertz CT molecular complexity index is 363. The van der Waals surface area contributed by atoms with Gasteiger partial charge in [0.25, 0.3) is 5.56 Å². The third kappa shape index (κ3) is 1.31. The van der Waals surface area contributed by atoms with Crippen molar-refractivity contribution < 1.29 is 0 Å². The summed E-state index contributed by atoms with van der Waals surface area (Å²) >= 11 is 0. The molecular weight excluding hydrogens is 166 g/mol. The lowest BCUT2D eigenvalue weighted by Gasteiger charge is -2.18. The first-order valence-corrected chi connectivity index (χ1v) is 4.69. The molecule has 0 aliphatic heterocycles. The highest BCUT2D eigenvalue weighted by Gasteiger charge is 2.22. The maximum Gasteiger partial charge on any atom is 0.269 e. The molecule has 0 radical (unpaired) electrons. The minimum atomic E-state index is 0.130. The third-order valence-corrected chi connectivity index (χ3v) is 2.86. The molecule has 0 spiro atoms. The van der Waals surface area contributed by atoms with E-state index in [0.29, 0.717) is 5.92 Å². The van der Waals surface area contributed by atoms with Gasteiger partial charge in [-0.25, -0.2) is 0 Å². The topological polar surface area (TPSA) is 63.8 Å². The van der Waals surface area contributed by atoms with Gasteiger partial charge < -0.3 is 5.73 Å². The zero-order chi connectivity index (χ0) is 9.42. The lowest BCUT2D eigenvalue weighted by Crippen LogP contribution is -2.24. The Labute approximate surface area is 76.7 Å². The van der Waals surface area contributed by atoms with Crippen molar-refractivity contribution in [1.82, 2.24) is 9.78 Å². The molecule has 0 aromatic carbocycles. The zero-order valence-electron chi connectivity index (χ0n) is 7.84. The number of hydrogen-bond acceptors (Lipinski definition) is 2. The summed E-state index contributed by atoms with van der Waals surface area (Å²) in [5.74, 6) is 0.547. The molecule has 1 aliphatic rings. The summed E-state index contributed by atoms with van der Waals surface area (Å²) in [6.07, 6.45) is 2.87. The van der Waals surface area contributed by atoms with Gasteiger partial charge in [-0.1, -0.05) is 0 Å². The number of nitrogens with two attached hydrogens (primary N) is 1. The summed E-state index contributed by atoms with van der Waals surface area (Å²) in [6, 6.07) is 0. The Balaban J connectivity index is 2.37. The van der Waals surface area contributed by atoms with Crippen molar-refractivity contribution in [2.45, 2.75) is 19.3 Å². The van der Waals surface area contributed by atoms with Gasteiger partial charge in [-0.15, -0.1) is 0 Å². The monoisotopic (exact) mass is 181 g/mol. The van der Waals surface area contributed by atoms with E-state index < -0.39 is 0 Å². The zero-order valence-corrected chi connectivity index (χ0v) is 7.84. The van der Waals surface area contributed by atoms with E-state index >= 15 is 0 Å². The van der Waals surface area contributed by atoms with E-state index in [-0.39, 0.29) is 5.56 Å². The van der Waals surface area contributed by atoms with E-state index in [2.05, 4.69) is 5.10 Å². The standard InChI is InChI=1S/C9H15N3O/c1-12-9(13)7-3-2-6(5-10)4-8(7)11-12/h6,11H,2-5,10H2,1H3. The molecule has 1 aromatic rings. The van der Waals surface area contributed by atoms with E-state index in [1.54, 1.807) is 11.7 Å². The molecule has 1 unspecified atom stereocenters. The van der Waals surface area contributed by atoms with Crippen LogP contribution in [0.5, 0.6) is 0 Å². The predicted octanol–water partition coefficient (Wildman–Crippen LogP) is -0.223. The van der Waals surface area contributed by atoms with Crippen LogP contribution >= 0.6 is 0 Å². The number of aromatic amines is 1. The summed E-state index contributed by atoms with van der Waals surface area (Å²) in [6.45, 7) is 0.719. The first-order valence-electron chi connectivity index (χ1n) is 4.69.